The summed E-state index contributed by atoms with van der Waals surface area (Å²) in [5.41, 5.74) is 1.73. The van der Waals surface area contributed by atoms with Gasteiger partial charge in [0.25, 0.3) is 5.91 Å². The lowest BCUT2D eigenvalue weighted by atomic mass is 10.0. The lowest BCUT2D eigenvalue weighted by Crippen LogP contribution is -2.42. The highest BCUT2D eigenvalue weighted by Crippen LogP contribution is 2.25. The van der Waals surface area contributed by atoms with Crippen LogP contribution in [0.5, 0.6) is 5.75 Å². The van der Waals surface area contributed by atoms with E-state index in [1.54, 1.807) is 24.0 Å². The molecule has 5 nitrogen and oxygen atoms in total. The van der Waals surface area contributed by atoms with Crippen LogP contribution in [-0.2, 0) is 4.74 Å². The molecule has 1 saturated heterocycles. The molecule has 1 atom stereocenters. The van der Waals surface area contributed by atoms with Crippen LogP contribution in [0.25, 0.3) is 0 Å². The molecule has 6 heteroatoms. The van der Waals surface area contributed by atoms with Crippen molar-refractivity contribution in [2.75, 3.05) is 19.7 Å². The molecule has 1 aromatic carbocycles. The van der Waals surface area contributed by atoms with E-state index in [2.05, 4.69) is 4.98 Å². The number of aryl methyl sites for hydroxylation is 1. The van der Waals surface area contributed by atoms with Crippen LogP contribution >= 0.6 is 0 Å². The molecular formula is C17H17FN2O3. The summed E-state index contributed by atoms with van der Waals surface area (Å²) < 4.78 is 19.1. The topological polar surface area (TPSA) is 62.7 Å². The number of halogens is 1. The van der Waals surface area contributed by atoms with Crippen molar-refractivity contribution >= 4 is 5.91 Å². The molecule has 1 fully saturated rings. The number of aromatic nitrogens is 1. The molecule has 2 heterocycles. The summed E-state index contributed by atoms with van der Waals surface area (Å²) >= 11 is 0. The van der Waals surface area contributed by atoms with Crippen molar-refractivity contribution in [3.63, 3.8) is 0 Å². The van der Waals surface area contributed by atoms with Crippen molar-refractivity contribution in [3.8, 4) is 5.75 Å². The van der Waals surface area contributed by atoms with Gasteiger partial charge in [-0.2, -0.15) is 0 Å². The number of ether oxygens (including phenoxy) is 1. The smallest absolute Gasteiger partial charge is 0.255 e. The molecule has 2 aromatic rings. The van der Waals surface area contributed by atoms with E-state index in [4.69, 9.17) is 4.74 Å². The number of benzene rings is 1. The summed E-state index contributed by atoms with van der Waals surface area (Å²) in [6, 6.07) is 6.22. The van der Waals surface area contributed by atoms with Crippen LogP contribution in [0.4, 0.5) is 4.39 Å². The van der Waals surface area contributed by atoms with Gasteiger partial charge in [0.1, 0.15) is 17.7 Å². The lowest BCUT2D eigenvalue weighted by molar-refractivity contribution is -0.0228. The number of rotatable bonds is 2. The third kappa shape index (κ3) is 3.32. The van der Waals surface area contributed by atoms with E-state index >= 15 is 0 Å². The molecule has 0 bridgehead atoms. The van der Waals surface area contributed by atoms with E-state index < -0.39 is 0 Å². The highest BCUT2D eigenvalue weighted by molar-refractivity contribution is 5.94. The molecule has 1 aliphatic rings. The number of amides is 1. The Bertz CT molecular complexity index is 736. The molecule has 0 spiro atoms. The summed E-state index contributed by atoms with van der Waals surface area (Å²) in [4.78, 5) is 18.0. The SMILES string of the molecule is Cc1cc([C@H]2CN(C(=O)c3cncc(O)c3)CCO2)ccc1F. The molecule has 0 saturated carbocycles. The fourth-order valence-electron chi connectivity index (χ4n) is 2.63. The molecule has 1 amide bonds. The van der Waals surface area contributed by atoms with Gasteiger partial charge >= 0.3 is 0 Å². The minimum atomic E-state index is -0.294. The number of aromatic hydroxyl groups is 1. The zero-order valence-corrected chi connectivity index (χ0v) is 12.7. The number of carbonyl (C=O) groups is 1. The molecule has 1 aromatic heterocycles. The molecule has 1 N–H and O–H groups in total. The zero-order chi connectivity index (χ0) is 16.4. The standard InChI is InChI=1S/C17H17FN2O3/c1-11-6-12(2-3-15(11)18)16-10-20(4-5-23-16)17(22)13-7-14(21)9-19-8-13/h2-3,6-9,16,21H,4-5,10H2,1H3/t16-/m1/s1. The Hall–Kier alpha value is -2.47. The van der Waals surface area contributed by atoms with Gasteiger partial charge < -0.3 is 14.7 Å². The quantitative estimate of drug-likeness (QED) is 0.924. The van der Waals surface area contributed by atoms with Crippen molar-refractivity contribution in [1.82, 2.24) is 9.88 Å². The highest BCUT2D eigenvalue weighted by Gasteiger charge is 2.26. The van der Waals surface area contributed by atoms with Crippen molar-refractivity contribution in [1.29, 1.82) is 0 Å². The summed E-state index contributed by atoms with van der Waals surface area (Å²) in [6.07, 6.45) is 2.41. The first-order chi connectivity index (χ1) is 11.0. The Morgan fingerprint density at radius 2 is 2.22 bits per heavy atom. The highest BCUT2D eigenvalue weighted by atomic mass is 19.1. The Labute approximate surface area is 133 Å². The summed E-state index contributed by atoms with van der Waals surface area (Å²) in [7, 11) is 0. The van der Waals surface area contributed by atoms with Gasteiger partial charge in [-0.3, -0.25) is 9.78 Å². The number of pyridine rings is 1. The van der Waals surface area contributed by atoms with Crippen LogP contribution in [-0.4, -0.2) is 40.6 Å². The third-order valence-corrected chi connectivity index (χ3v) is 3.88. The zero-order valence-electron chi connectivity index (χ0n) is 12.7. The van der Waals surface area contributed by atoms with Crippen molar-refractivity contribution < 1.29 is 19.0 Å². The van der Waals surface area contributed by atoms with E-state index in [9.17, 15) is 14.3 Å². The molecule has 23 heavy (non-hydrogen) atoms. The number of hydrogen-bond donors (Lipinski definition) is 1. The lowest BCUT2D eigenvalue weighted by Gasteiger charge is -2.33. The van der Waals surface area contributed by atoms with Gasteiger partial charge in [-0.15, -0.1) is 0 Å². The van der Waals surface area contributed by atoms with E-state index in [-0.39, 0.29) is 23.6 Å². The fraction of sp³-hybridized carbons (Fsp3) is 0.294. The Balaban J connectivity index is 1.77. The monoisotopic (exact) mass is 316 g/mol. The second-order valence-corrected chi connectivity index (χ2v) is 5.55. The normalized spacial score (nSPS) is 18.0. The van der Waals surface area contributed by atoms with Crippen molar-refractivity contribution in [3.05, 3.63) is 59.2 Å². The molecule has 3 rings (SSSR count). The molecule has 0 radical (unpaired) electrons. The number of hydrogen-bond acceptors (Lipinski definition) is 4. The second kappa shape index (κ2) is 6.34. The van der Waals surface area contributed by atoms with Crippen LogP contribution in [0.15, 0.2) is 36.7 Å². The van der Waals surface area contributed by atoms with Gasteiger partial charge in [-0.05, 0) is 30.2 Å². The van der Waals surface area contributed by atoms with Crippen LogP contribution < -0.4 is 0 Å². The second-order valence-electron chi connectivity index (χ2n) is 5.55. The van der Waals surface area contributed by atoms with Gasteiger partial charge in [-0.25, -0.2) is 4.39 Å². The van der Waals surface area contributed by atoms with Gasteiger partial charge in [0.05, 0.1) is 24.9 Å². The number of morpholine rings is 1. The Morgan fingerprint density at radius 3 is 2.96 bits per heavy atom. The fourth-order valence-corrected chi connectivity index (χ4v) is 2.63. The third-order valence-electron chi connectivity index (χ3n) is 3.88. The molecule has 1 aliphatic heterocycles. The Morgan fingerprint density at radius 1 is 1.39 bits per heavy atom. The van der Waals surface area contributed by atoms with Gasteiger partial charge in [0, 0.05) is 12.7 Å². The maximum atomic E-state index is 13.4. The first-order valence-electron chi connectivity index (χ1n) is 7.35. The van der Waals surface area contributed by atoms with Crippen LogP contribution in [0.1, 0.15) is 27.6 Å². The van der Waals surface area contributed by atoms with E-state index in [1.807, 2.05) is 0 Å². The van der Waals surface area contributed by atoms with Gasteiger partial charge in [0.15, 0.2) is 0 Å². The largest absolute Gasteiger partial charge is 0.506 e. The van der Waals surface area contributed by atoms with Crippen LogP contribution in [0.2, 0.25) is 0 Å². The first kappa shape index (κ1) is 15.4. The predicted molar refractivity (Wildman–Crippen MR) is 81.6 cm³/mol. The predicted octanol–water partition coefficient (Wildman–Crippen LogP) is 2.45. The summed E-state index contributed by atoms with van der Waals surface area (Å²) in [6.45, 7) is 2.94. The average molecular weight is 316 g/mol. The van der Waals surface area contributed by atoms with E-state index in [0.717, 1.165) is 5.56 Å². The van der Waals surface area contributed by atoms with Gasteiger partial charge in [-0.1, -0.05) is 12.1 Å². The minimum absolute atomic E-state index is 0.0465. The maximum absolute atomic E-state index is 13.4. The summed E-state index contributed by atoms with van der Waals surface area (Å²) in [5, 5.41) is 9.45. The number of nitrogens with zero attached hydrogens (tertiary/aromatic N) is 2. The molecule has 0 unspecified atom stereocenters. The van der Waals surface area contributed by atoms with Crippen LogP contribution in [0.3, 0.4) is 0 Å². The van der Waals surface area contributed by atoms with Crippen LogP contribution in [0, 0.1) is 12.7 Å². The Kier molecular flexibility index (Phi) is 4.25. The summed E-state index contributed by atoms with van der Waals surface area (Å²) in [5.74, 6) is -0.515. The minimum Gasteiger partial charge on any atom is -0.506 e. The average Bonchev–Trinajstić information content (AvgIpc) is 2.57. The molecule has 120 valence electrons. The van der Waals surface area contributed by atoms with Crippen molar-refractivity contribution in [2.45, 2.75) is 13.0 Å². The van der Waals surface area contributed by atoms with Gasteiger partial charge in [0.2, 0.25) is 0 Å². The van der Waals surface area contributed by atoms with Crippen molar-refractivity contribution in [2.24, 2.45) is 0 Å². The van der Waals surface area contributed by atoms with E-state index in [1.165, 1.54) is 24.5 Å². The maximum Gasteiger partial charge on any atom is 0.255 e. The first-order valence-corrected chi connectivity index (χ1v) is 7.35. The van der Waals surface area contributed by atoms with E-state index in [0.29, 0.717) is 30.8 Å². The number of carbonyl (C=O) groups excluding carboxylic acids is 1. The molecule has 0 aliphatic carbocycles. The molecular weight excluding hydrogens is 299 g/mol.